The molecule has 18 heavy (non-hydrogen) atoms. The van der Waals surface area contributed by atoms with E-state index in [-0.39, 0.29) is 0 Å². The number of benzene rings is 1. The summed E-state index contributed by atoms with van der Waals surface area (Å²) in [6.45, 7) is 5.61. The van der Waals surface area contributed by atoms with E-state index in [1.807, 2.05) is 13.0 Å². The first-order chi connectivity index (χ1) is 8.65. The van der Waals surface area contributed by atoms with Gasteiger partial charge < -0.3 is 10.8 Å². The lowest BCUT2D eigenvalue weighted by molar-refractivity contribution is 0.512. The molecule has 1 atom stereocenters. The fourth-order valence-electron chi connectivity index (χ4n) is 2.15. The predicted octanol–water partition coefficient (Wildman–Crippen LogP) is 4.35. The van der Waals surface area contributed by atoms with Crippen molar-refractivity contribution in [1.29, 1.82) is 10.8 Å². The van der Waals surface area contributed by atoms with Gasteiger partial charge in [0.1, 0.15) is 0 Å². The lowest BCUT2D eigenvalue weighted by Crippen LogP contribution is -2.09. The van der Waals surface area contributed by atoms with Crippen molar-refractivity contribution in [2.75, 3.05) is 0 Å². The van der Waals surface area contributed by atoms with Crippen molar-refractivity contribution < 1.29 is 0 Å². The molecule has 0 saturated carbocycles. The SMILES string of the molecule is C=Cc1ccc(CC(CCC=N)CC(C)=N)cc1. The molecular weight excluding hydrogens is 220 g/mol. The fourth-order valence-corrected chi connectivity index (χ4v) is 2.15. The largest absolute Gasteiger partial charge is 0.313 e. The maximum Gasteiger partial charge on any atom is 0.00611 e. The van der Waals surface area contributed by atoms with E-state index in [0.717, 1.165) is 37.0 Å². The fraction of sp³-hybridized carbons (Fsp3) is 0.375. The summed E-state index contributed by atoms with van der Waals surface area (Å²) in [6, 6.07) is 8.42. The Kier molecular flexibility index (Phi) is 6.06. The van der Waals surface area contributed by atoms with Crippen LogP contribution in [0.2, 0.25) is 0 Å². The first-order valence-corrected chi connectivity index (χ1v) is 6.40. The summed E-state index contributed by atoms with van der Waals surface area (Å²) in [4.78, 5) is 0. The van der Waals surface area contributed by atoms with E-state index in [2.05, 4.69) is 30.8 Å². The third-order valence-corrected chi connectivity index (χ3v) is 3.05. The predicted molar refractivity (Wildman–Crippen MR) is 79.8 cm³/mol. The summed E-state index contributed by atoms with van der Waals surface area (Å²) in [5.74, 6) is 0.471. The zero-order valence-corrected chi connectivity index (χ0v) is 11.1. The summed E-state index contributed by atoms with van der Waals surface area (Å²) in [5.41, 5.74) is 3.17. The van der Waals surface area contributed by atoms with Crippen molar-refractivity contribution in [2.24, 2.45) is 5.92 Å². The Hall–Kier alpha value is -1.70. The minimum absolute atomic E-state index is 0.471. The molecule has 0 spiro atoms. The molecule has 2 heteroatoms. The van der Waals surface area contributed by atoms with Crippen LogP contribution in [-0.4, -0.2) is 11.9 Å². The number of nitrogens with one attached hydrogen (secondary N) is 2. The second-order valence-electron chi connectivity index (χ2n) is 4.78. The maximum atomic E-state index is 7.62. The molecule has 0 aliphatic carbocycles. The van der Waals surface area contributed by atoms with Gasteiger partial charge in [0.2, 0.25) is 0 Å². The average molecular weight is 242 g/mol. The Bertz CT molecular complexity index is 404. The molecule has 2 N–H and O–H groups in total. The Morgan fingerprint density at radius 2 is 2.00 bits per heavy atom. The van der Waals surface area contributed by atoms with E-state index >= 15 is 0 Å². The molecule has 0 heterocycles. The van der Waals surface area contributed by atoms with Gasteiger partial charge in [0.25, 0.3) is 0 Å². The molecule has 0 fully saturated rings. The van der Waals surface area contributed by atoms with Crippen LogP contribution in [0.3, 0.4) is 0 Å². The summed E-state index contributed by atoms with van der Waals surface area (Å²) in [6.07, 6.45) is 6.93. The number of hydrogen-bond acceptors (Lipinski definition) is 2. The molecule has 0 radical (unpaired) electrons. The minimum atomic E-state index is 0.471. The normalized spacial score (nSPS) is 11.8. The smallest absolute Gasteiger partial charge is 0.00611 e. The van der Waals surface area contributed by atoms with Crippen LogP contribution in [0, 0.1) is 16.7 Å². The van der Waals surface area contributed by atoms with Crippen LogP contribution in [0.15, 0.2) is 30.8 Å². The van der Waals surface area contributed by atoms with Crippen LogP contribution in [0.25, 0.3) is 6.08 Å². The molecule has 0 bridgehead atoms. The summed E-state index contributed by atoms with van der Waals surface area (Å²) >= 11 is 0. The molecule has 0 amide bonds. The Morgan fingerprint density at radius 1 is 1.33 bits per heavy atom. The maximum absolute atomic E-state index is 7.62. The first-order valence-electron chi connectivity index (χ1n) is 6.40. The molecule has 2 nitrogen and oxygen atoms in total. The molecule has 1 aromatic rings. The zero-order chi connectivity index (χ0) is 13.4. The van der Waals surface area contributed by atoms with E-state index in [4.69, 9.17) is 10.8 Å². The Balaban J connectivity index is 2.64. The molecular formula is C16H22N2. The molecule has 0 aromatic heterocycles. The van der Waals surface area contributed by atoms with Crippen molar-refractivity contribution in [2.45, 2.75) is 32.6 Å². The Labute approximate surface area is 110 Å². The van der Waals surface area contributed by atoms with Crippen LogP contribution in [0.5, 0.6) is 0 Å². The van der Waals surface area contributed by atoms with Crippen LogP contribution in [0.1, 0.15) is 37.3 Å². The third kappa shape index (κ3) is 5.09. The van der Waals surface area contributed by atoms with Gasteiger partial charge in [0.05, 0.1) is 0 Å². The highest BCUT2D eigenvalue weighted by Crippen LogP contribution is 2.18. The topological polar surface area (TPSA) is 47.7 Å². The quantitative estimate of drug-likeness (QED) is 0.637. The van der Waals surface area contributed by atoms with Gasteiger partial charge in [-0.1, -0.05) is 36.9 Å². The van der Waals surface area contributed by atoms with Crippen LogP contribution in [-0.2, 0) is 6.42 Å². The monoisotopic (exact) mass is 242 g/mol. The lowest BCUT2D eigenvalue weighted by Gasteiger charge is -2.15. The van der Waals surface area contributed by atoms with Crippen LogP contribution in [0.4, 0.5) is 0 Å². The summed E-state index contributed by atoms with van der Waals surface area (Å²) in [5, 5.41) is 14.7. The molecule has 0 aliphatic heterocycles. The van der Waals surface area contributed by atoms with Gasteiger partial charge in [0.15, 0.2) is 0 Å². The van der Waals surface area contributed by atoms with E-state index in [0.29, 0.717) is 5.92 Å². The highest BCUT2D eigenvalue weighted by Gasteiger charge is 2.10. The van der Waals surface area contributed by atoms with Gasteiger partial charge in [0, 0.05) is 5.71 Å². The number of rotatable bonds is 8. The third-order valence-electron chi connectivity index (χ3n) is 3.05. The summed E-state index contributed by atoms with van der Waals surface area (Å²) in [7, 11) is 0. The second-order valence-corrected chi connectivity index (χ2v) is 4.78. The van der Waals surface area contributed by atoms with Gasteiger partial charge in [-0.3, -0.25) is 0 Å². The zero-order valence-electron chi connectivity index (χ0n) is 11.1. The van der Waals surface area contributed by atoms with Gasteiger partial charge >= 0.3 is 0 Å². The first kappa shape index (κ1) is 14.4. The van der Waals surface area contributed by atoms with Gasteiger partial charge in [-0.2, -0.15) is 0 Å². The average Bonchev–Trinajstić information content (AvgIpc) is 2.36. The molecule has 0 aliphatic rings. The van der Waals surface area contributed by atoms with E-state index < -0.39 is 0 Å². The molecule has 1 aromatic carbocycles. The minimum Gasteiger partial charge on any atom is -0.313 e. The van der Waals surface area contributed by atoms with Crippen molar-refractivity contribution in [3.05, 3.63) is 42.0 Å². The standard InChI is InChI=1S/C16H22N2/c1-3-14-6-8-15(9-7-14)12-16(5-4-10-17)11-13(2)18/h3,6-10,16-18H,1,4-5,11-12H2,2H3. The Morgan fingerprint density at radius 3 is 2.50 bits per heavy atom. The van der Waals surface area contributed by atoms with E-state index in [9.17, 15) is 0 Å². The van der Waals surface area contributed by atoms with Crippen molar-refractivity contribution in [3.63, 3.8) is 0 Å². The van der Waals surface area contributed by atoms with Gasteiger partial charge in [-0.15, -0.1) is 0 Å². The molecule has 96 valence electrons. The van der Waals surface area contributed by atoms with E-state index in [1.54, 1.807) is 0 Å². The van der Waals surface area contributed by atoms with Crippen molar-refractivity contribution >= 4 is 18.0 Å². The van der Waals surface area contributed by atoms with Crippen LogP contribution >= 0.6 is 0 Å². The highest BCUT2D eigenvalue weighted by atomic mass is 14.4. The lowest BCUT2D eigenvalue weighted by atomic mass is 9.90. The van der Waals surface area contributed by atoms with E-state index in [1.165, 1.54) is 11.8 Å². The van der Waals surface area contributed by atoms with Crippen LogP contribution < -0.4 is 0 Å². The molecule has 1 unspecified atom stereocenters. The molecule has 1 rings (SSSR count). The molecule has 0 saturated heterocycles. The van der Waals surface area contributed by atoms with Gasteiger partial charge in [-0.25, -0.2) is 0 Å². The van der Waals surface area contributed by atoms with Crippen molar-refractivity contribution in [3.8, 4) is 0 Å². The van der Waals surface area contributed by atoms with Crippen molar-refractivity contribution in [1.82, 2.24) is 0 Å². The second kappa shape index (κ2) is 7.59. The number of hydrogen-bond donors (Lipinski definition) is 2. The van der Waals surface area contributed by atoms with Gasteiger partial charge in [-0.05, 0) is 55.9 Å². The summed E-state index contributed by atoms with van der Waals surface area (Å²) < 4.78 is 0. The highest BCUT2D eigenvalue weighted by molar-refractivity contribution is 5.78.